The van der Waals surface area contributed by atoms with E-state index >= 15 is 0 Å². The standard InChI is InChI=1S/C23H32Cl2N2O3S/c1-7-12-30-20-14-19(25)18(24)13-17(20)21(26-31(29)23(4,5)6)16-8-10-27(11-9-16)22(28)15(2)3/h7,13-14,16,21,26H,1-2,8-12H2,3-6H3. The van der Waals surface area contributed by atoms with Gasteiger partial charge in [0.2, 0.25) is 5.91 Å². The summed E-state index contributed by atoms with van der Waals surface area (Å²) < 4.78 is 21.8. The molecule has 1 aromatic rings. The van der Waals surface area contributed by atoms with Gasteiger partial charge in [-0.2, -0.15) is 0 Å². The van der Waals surface area contributed by atoms with Crippen molar-refractivity contribution in [3.8, 4) is 5.75 Å². The molecule has 2 atom stereocenters. The van der Waals surface area contributed by atoms with Gasteiger partial charge in [-0.3, -0.25) is 4.79 Å². The van der Waals surface area contributed by atoms with Crippen LogP contribution >= 0.6 is 23.2 Å². The highest BCUT2D eigenvalue weighted by molar-refractivity contribution is 7.90. The normalized spacial score (nSPS) is 17.2. The molecule has 1 N–H and O–H groups in total. The van der Waals surface area contributed by atoms with Crippen LogP contribution in [-0.4, -0.2) is 39.8 Å². The number of amides is 1. The van der Waals surface area contributed by atoms with Crippen LogP contribution < -0.4 is 9.46 Å². The predicted octanol–water partition coefficient (Wildman–Crippen LogP) is 5.47. The molecule has 0 radical (unpaired) electrons. The number of rotatable bonds is 8. The van der Waals surface area contributed by atoms with Gasteiger partial charge in [0.05, 0.1) is 16.1 Å². The van der Waals surface area contributed by atoms with E-state index in [1.807, 2.05) is 25.7 Å². The van der Waals surface area contributed by atoms with Crippen LogP contribution in [0.25, 0.3) is 0 Å². The molecule has 1 heterocycles. The quantitative estimate of drug-likeness (QED) is 0.300. The summed E-state index contributed by atoms with van der Waals surface area (Å²) in [6, 6.07) is 3.19. The zero-order chi connectivity index (χ0) is 23.3. The summed E-state index contributed by atoms with van der Waals surface area (Å²) in [4.78, 5) is 14.1. The molecule has 2 unspecified atom stereocenters. The van der Waals surface area contributed by atoms with Crippen LogP contribution in [-0.2, 0) is 16.2 Å². The number of likely N-dealkylation sites (tertiary alicyclic amines) is 1. The van der Waals surface area contributed by atoms with Gasteiger partial charge in [-0.1, -0.05) is 42.4 Å². The van der Waals surface area contributed by atoms with Crippen LogP contribution in [0.4, 0.5) is 0 Å². The van der Waals surface area contributed by atoms with Crippen molar-refractivity contribution < 1.29 is 14.1 Å². The first-order valence-corrected chi connectivity index (χ1v) is 12.2. The molecule has 1 fully saturated rings. The Morgan fingerprint density at radius 1 is 1.35 bits per heavy atom. The smallest absolute Gasteiger partial charge is 0.248 e. The van der Waals surface area contributed by atoms with Gasteiger partial charge in [0.15, 0.2) is 0 Å². The number of nitrogens with zero attached hydrogens (tertiary/aromatic N) is 1. The Morgan fingerprint density at radius 3 is 2.45 bits per heavy atom. The maximum Gasteiger partial charge on any atom is 0.248 e. The Hall–Kier alpha value is -1.18. The molecular weight excluding hydrogens is 455 g/mol. The van der Waals surface area contributed by atoms with E-state index in [-0.39, 0.29) is 17.9 Å². The maximum atomic E-state index is 13.0. The molecular formula is C23H32Cl2N2O3S. The third kappa shape index (κ3) is 6.90. The number of piperidine rings is 1. The molecule has 0 aromatic heterocycles. The number of hydrogen-bond donors (Lipinski definition) is 1. The van der Waals surface area contributed by atoms with E-state index in [9.17, 15) is 9.35 Å². The van der Waals surface area contributed by atoms with Crippen molar-refractivity contribution in [3.63, 3.8) is 0 Å². The van der Waals surface area contributed by atoms with E-state index < -0.39 is 16.1 Å². The molecule has 2 rings (SSSR count). The van der Waals surface area contributed by atoms with Crippen molar-refractivity contribution in [3.05, 3.63) is 52.5 Å². The molecule has 8 heteroatoms. The molecule has 172 valence electrons. The Kier molecular flexibility index (Phi) is 9.34. The predicted molar refractivity (Wildman–Crippen MR) is 130 cm³/mol. The highest BCUT2D eigenvalue weighted by Crippen LogP contribution is 2.41. The van der Waals surface area contributed by atoms with Gasteiger partial charge in [0.1, 0.15) is 17.1 Å². The maximum absolute atomic E-state index is 13.0. The summed E-state index contributed by atoms with van der Waals surface area (Å²) >= 11 is 11.3. The second-order valence-electron chi connectivity index (χ2n) is 8.79. The second kappa shape index (κ2) is 11.1. The summed E-state index contributed by atoms with van der Waals surface area (Å²) in [5, 5.41) is 0.799. The third-order valence-electron chi connectivity index (χ3n) is 5.20. The first-order valence-electron chi connectivity index (χ1n) is 10.3. The number of hydrogen-bond acceptors (Lipinski definition) is 4. The van der Waals surface area contributed by atoms with Crippen molar-refractivity contribution in [2.45, 2.75) is 51.3 Å². The molecule has 1 aliphatic rings. The Labute approximate surface area is 199 Å². The first-order chi connectivity index (χ1) is 14.5. The monoisotopic (exact) mass is 486 g/mol. The minimum atomic E-state index is -1.32. The number of benzene rings is 1. The summed E-state index contributed by atoms with van der Waals surface area (Å²) in [7, 11) is 0. The molecule has 0 spiro atoms. The lowest BCUT2D eigenvalue weighted by Gasteiger charge is -2.38. The average molecular weight is 487 g/mol. The fourth-order valence-corrected chi connectivity index (χ4v) is 4.70. The van der Waals surface area contributed by atoms with Gasteiger partial charge >= 0.3 is 0 Å². The van der Waals surface area contributed by atoms with Gasteiger partial charge in [-0.25, -0.2) is 0 Å². The van der Waals surface area contributed by atoms with Crippen molar-refractivity contribution >= 4 is 40.5 Å². The van der Waals surface area contributed by atoms with Crippen LogP contribution in [0.15, 0.2) is 36.9 Å². The lowest BCUT2D eigenvalue weighted by Crippen LogP contribution is -2.46. The highest BCUT2D eigenvalue weighted by Gasteiger charge is 2.37. The topological polar surface area (TPSA) is 64.6 Å². The Morgan fingerprint density at radius 2 is 1.94 bits per heavy atom. The fourth-order valence-electron chi connectivity index (χ4n) is 3.47. The largest absolute Gasteiger partial charge is 0.598 e. The van der Waals surface area contributed by atoms with E-state index in [0.717, 1.165) is 18.4 Å². The Bertz CT molecular complexity index is 818. The van der Waals surface area contributed by atoms with Crippen LogP contribution in [0.1, 0.15) is 52.1 Å². The van der Waals surface area contributed by atoms with Gasteiger partial charge < -0.3 is 14.2 Å². The van der Waals surface area contributed by atoms with Gasteiger partial charge in [0.25, 0.3) is 0 Å². The van der Waals surface area contributed by atoms with E-state index in [1.54, 1.807) is 25.1 Å². The van der Waals surface area contributed by atoms with E-state index in [1.165, 1.54) is 0 Å². The minimum absolute atomic E-state index is 0.0224. The van der Waals surface area contributed by atoms with Crippen molar-refractivity contribution in [1.29, 1.82) is 0 Å². The summed E-state index contributed by atoms with van der Waals surface area (Å²) in [5.74, 6) is 0.688. The van der Waals surface area contributed by atoms with Crippen LogP contribution in [0.2, 0.25) is 10.0 Å². The van der Waals surface area contributed by atoms with E-state index in [4.69, 9.17) is 27.9 Å². The average Bonchev–Trinajstić information content (AvgIpc) is 2.71. The zero-order valence-electron chi connectivity index (χ0n) is 18.7. The highest BCUT2D eigenvalue weighted by atomic mass is 35.5. The Balaban J connectivity index is 2.38. The van der Waals surface area contributed by atoms with Crippen LogP contribution in [0, 0.1) is 5.92 Å². The zero-order valence-corrected chi connectivity index (χ0v) is 21.0. The van der Waals surface area contributed by atoms with Gasteiger partial charge in [0, 0.05) is 41.7 Å². The molecule has 1 aliphatic heterocycles. The van der Waals surface area contributed by atoms with Gasteiger partial charge in [-0.15, -0.1) is 4.72 Å². The lowest BCUT2D eigenvalue weighted by molar-refractivity contribution is -0.128. The van der Waals surface area contributed by atoms with Crippen molar-refractivity contribution in [1.82, 2.24) is 9.62 Å². The summed E-state index contributed by atoms with van der Waals surface area (Å²) in [6.07, 6.45) is 3.15. The molecule has 1 amide bonds. The number of nitrogens with one attached hydrogen (secondary N) is 1. The molecule has 0 aliphatic carbocycles. The molecule has 1 aromatic carbocycles. The molecule has 0 bridgehead atoms. The molecule has 31 heavy (non-hydrogen) atoms. The fraction of sp³-hybridized carbons (Fsp3) is 0.522. The van der Waals surface area contributed by atoms with E-state index in [2.05, 4.69) is 17.9 Å². The SMILES string of the molecule is C=CCOc1cc(Cl)c(Cl)cc1C(N[S+]([O-])C(C)(C)C)C1CCN(C(=O)C(=C)C)CC1. The number of carbonyl (C=O) groups is 1. The van der Waals surface area contributed by atoms with Crippen LogP contribution in [0.3, 0.4) is 0 Å². The number of halogens is 2. The third-order valence-corrected chi connectivity index (χ3v) is 7.50. The summed E-state index contributed by atoms with van der Waals surface area (Å²) in [5.41, 5.74) is 1.34. The van der Waals surface area contributed by atoms with Crippen LogP contribution in [0.5, 0.6) is 5.75 Å². The molecule has 1 saturated heterocycles. The number of carbonyl (C=O) groups excluding carboxylic acids is 1. The van der Waals surface area contributed by atoms with Gasteiger partial charge in [-0.05, 0) is 52.5 Å². The van der Waals surface area contributed by atoms with E-state index in [0.29, 0.717) is 41.1 Å². The van der Waals surface area contributed by atoms with Crippen molar-refractivity contribution in [2.24, 2.45) is 5.92 Å². The molecule has 0 saturated carbocycles. The number of ether oxygens (including phenoxy) is 1. The minimum Gasteiger partial charge on any atom is -0.598 e. The first kappa shape index (κ1) is 26.1. The lowest BCUT2D eigenvalue weighted by atomic mass is 9.85. The second-order valence-corrected chi connectivity index (χ2v) is 11.6. The molecule has 5 nitrogen and oxygen atoms in total. The van der Waals surface area contributed by atoms with Crippen molar-refractivity contribution in [2.75, 3.05) is 19.7 Å². The summed E-state index contributed by atoms with van der Waals surface area (Å²) in [6.45, 7) is 16.5.